The third-order valence-corrected chi connectivity index (χ3v) is 4.60. The van der Waals surface area contributed by atoms with Gasteiger partial charge in [-0.3, -0.25) is 0 Å². The third-order valence-electron chi connectivity index (χ3n) is 4.60. The molecule has 1 heterocycles. The van der Waals surface area contributed by atoms with Gasteiger partial charge in [-0.25, -0.2) is 4.98 Å². The Labute approximate surface area is 123 Å². The Morgan fingerprint density at radius 3 is 2.65 bits per heavy atom. The SMILES string of the molecule is CC(N)Cc1cccnc1N(C)C1CCC(C)(C)CC1. The van der Waals surface area contributed by atoms with Gasteiger partial charge in [0.1, 0.15) is 5.82 Å². The highest BCUT2D eigenvalue weighted by Crippen LogP contribution is 2.37. The van der Waals surface area contributed by atoms with Crippen molar-refractivity contribution in [2.75, 3.05) is 11.9 Å². The number of aromatic nitrogens is 1. The Morgan fingerprint density at radius 2 is 2.05 bits per heavy atom. The fraction of sp³-hybridized carbons (Fsp3) is 0.706. The van der Waals surface area contributed by atoms with Crippen LogP contribution in [0.2, 0.25) is 0 Å². The highest BCUT2D eigenvalue weighted by molar-refractivity contribution is 5.47. The van der Waals surface area contributed by atoms with Gasteiger partial charge >= 0.3 is 0 Å². The van der Waals surface area contributed by atoms with Gasteiger partial charge < -0.3 is 10.6 Å². The topological polar surface area (TPSA) is 42.1 Å². The Morgan fingerprint density at radius 1 is 1.40 bits per heavy atom. The molecule has 1 fully saturated rings. The first kappa shape index (κ1) is 15.3. The average molecular weight is 275 g/mol. The minimum absolute atomic E-state index is 0.177. The van der Waals surface area contributed by atoms with E-state index in [1.54, 1.807) is 0 Å². The number of hydrogen-bond donors (Lipinski definition) is 1. The maximum atomic E-state index is 5.96. The lowest BCUT2D eigenvalue weighted by molar-refractivity contribution is 0.222. The first-order valence-corrected chi connectivity index (χ1v) is 7.81. The molecule has 1 aromatic heterocycles. The summed E-state index contributed by atoms with van der Waals surface area (Å²) < 4.78 is 0. The second kappa shape index (κ2) is 6.13. The summed E-state index contributed by atoms with van der Waals surface area (Å²) in [5.74, 6) is 1.12. The van der Waals surface area contributed by atoms with Gasteiger partial charge in [-0.15, -0.1) is 0 Å². The van der Waals surface area contributed by atoms with E-state index in [1.165, 1.54) is 31.2 Å². The predicted octanol–water partition coefficient (Wildman–Crippen LogP) is 3.38. The van der Waals surface area contributed by atoms with Crippen LogP contribution >= 0.6 is 0 Å². The van der Waals surface area contributed by atoms with E-state index in [4.69, 9.17) is 5.73 Å². The zero-order valence-electron chi connectivity index (χ0n) is 13.4. The number of rotatable bonds is 4. The molecular weight excluding hydrogens is 246 g/mol. The molecule has 0 aromatic carbocycles. The quantitative estimate of drug-likeness (QED) is 0.916. The smallest absolute Gasteiger partial charge is 0.131 e. The summed E-state index contributed by atoms with van der Waals surface area (Å²) in [5, 5.41) is 0. The Bertz CT molecular complexity index is 430. The summed E-state index contributed by atoms with van der Waals surface area (Å²) in [6.45, 7) is 6.82. The van der Waals surface area contributed by atoms with Gasteiger partial charge in [-0.05, 0) is 56.1 Å². The molecule has 112 valence electrons. The fourth-order valence-corrected chi connectivity index (χ4v) is 3.20. The normalized spacial score (nSPS) is 20.6. The van der Waals surface area contributed by atoms with Crippen molar-refractivity contribution in [2.24, 2.45) is 11.1 Å². The molecule has 0 radical (unpaired) electrons. The van der Waals surface area contributed by atoms with Gasteiger partial charge in [0, 0.05) is 25.3 Å². The van der Waals surface area contributed by atoms with E-state index in [9.17, 15) is 0 Å². The van der Waals surface area contributed by atoms with Crippen molar-refractivity contribution >= 4 is 5.82 Å². The Hall–Kier alpha value is -1.09. The van der Waals surface area contributed by atoms with Gasteiger partial charge in [-0.2, -0.15) is 0 Å². The van der Waals surface area contributed by atoms with E-state index < -0.39 is 0 Å². The molecule has 2 N–H and O–H groups in total. The van der Waals surface area contributed by atoms with Crippen LogP contribution in [0.4, 0.5) is 5.82 Å². The fourth-order valence-electron chi connectivity index (χ4n) is 3.20. The first-order valence-electron chi connectivity index (χ1n) is 7.81. The summed E-state index contributed by atoms with van der Waals surface area (Å²) in [6.07, 6.45) is 7.92. The molecule has 0 spiro atoms. The van der Waals surface area contributed by atoms with Crippen molar-refractivity contribution in [3.63, 3.8) is 0 Å². The number of nitrogens with two attached hydrogens (primary N) is 1. The van der Waals surface area contributed by atoms with Crippen LogP contribution in [0.25, 0.3) is 0 Å². The molecule has 1 atom stereocenters. The lowest BCUT2D eigenvalue weighted by atomic mass is 9.75. The van der Waals surface area contributed by atoms with Crippen molar-refractivity contribution in [3.8, 4) is 0 Å². The molecule has 1 aliphatic carbocycles. The van der Waals surface area contributed by atoms with E-state index in [2.05, 4.69) is 43.8 Å². The molecule has 1 aliphatic rings. The number of nitrogens with zero attached hydrogens (tertiary/aromatic N) is 2. The van der Waals surface area contributed by atoms with Gasteiger partial charge in [0.2, 0.25) is 0 Å². The van der Waals surface area contributed by atoms with Crippen molar-refractivity contribution in [1.29, 1.82) is 0 Å². The third kappa shape index (κ3) is 3.72. The zero-order chi connectivity index (χ0) is 14.8. The summed E-state index contributed by atoms with van der Waals surface area (Å²) in [6, 6.07) is 4.97. The van der Waals surface area contributed by atoms with Crippen LogP contribution in [0.15, 0.2) is 18.3 Å². The van der Waals surface area contributed by atoms with Crippen molar-refractivity contribution in [3.05, 3.63) is 23.9 Å². The summed E-state index contributed by atoms with van der Waals surface area (Å²) in [5.41, 5.74) is 7.74. The van der Waals surface area contributed by atoms with Gasteiger partial charge in [0.25, 0.3) is 0 Å². The maximum Gasteiger partial charge on any atom is 0.131 e. The monoisotopic (exact) mass is 275 g/mol. The van der Waals surface area contributed by atoms with Crippen LogP contribution < -0.4 is 10.6 Å². The lowest BCUT2D eigenvalue weighted by Gasteiger charge is -2.39. The molecule has 0 amide bonds. The molecule has 3 heteroatoms. The molecule has 1 saturated carbocycles. The van der Waals surface area contributed by atoms with Crippen LogP contribution in [-0.4, -0.2) is 24.1 Å². The molecular formula is C17H29N3. The molecule has 3 nitrogen and oxygen atoms in total. The second-order valence-electron chi connectivity index (χ2n) is 7.17. The van der Waals surface area contributed by atoms with Crippen LogP contribution in [0.1, 0.15) is 52.0 Å². The summed E-state index contributed by atoms with van der Waals surface area (Å²) in [7, 11) is 2.19. The van der Waals surface area contributed by atoms with E-state index >= 15 is 0 Å². The highest BCUT2D eigenvalue weighted by Gasteiger charge is 2.29. The first-order chi connectivity index (χ1) is 9.39. The molecule has 1 aromatic rings. The van der Waals surface area contributed by atoms with Gasteiger partial charge in [0.05, 0.1) is 0 Å². The molecule has 0 saturated heterocycles. The van der Waals surface area contributed by atoms with Gasteiger partial charge in [0.15, 0.2) is 0 Å². The Balaban J connectivity index is 2.11. The molecule has 20 heavy (non-hydrogen) atoms. The predicted molar refractivity (Wildman–Crippen MR) is 86.0 cm³/mol. The molecule has 1 unspecified atom stereocenters. The van der Waals surface area contributed by atoms with Crippen molar-refractivity contribution < 1.29 is 0 Å². The number of anilines is 1. The molecule has 0 bridgehead atoms. The Kier molecular flexibility index (Phi) is 4.69. The summed E-state index contributed by atoms with van der Waals surface area (Å²) in [4.78, 5) is 7.00. The van der Waals surface area contributed by atoms with Crippen LogP contribution in [0.5, 0.6) is 0 Å². The highest BCUT2D eigenvalue weighted by atomic mass is 15.2. The maximum absolute atomic E-state index is 5.96. The van der Waals surface area contributed by atoms with Crippen molar-refractivity contribution in [1.82, 2.24) is 4.98 Å². The van der Waals surface area contributed by atoms with Crippen LogP contribution in [0, 0.1) is 5.41 Å². The minimum atomic E-state index is 0.177. The summed E-state index contributed by atoms with van der Waals surface area (Å²) >= 11 is 0. The minimum Gasteiger partial charge on any atom is -0.356 e. The zero-order valence-corrected chi connectivity index (χ0v) is 13.4. The molecule has 2 rings (SSSR count). The van der Waals surface area contributed by atoms with Crippen molar-refractivity contribution in [2.45, 2.75) is 65.0 Å². The van der Waals surface area contributed by atoms with E-state index in [0.717, 1.165) is 12.2 Å². The van der Waals surface area contributed by atoms with Gasteiger partial charge in [-0.1, -0.05) is 19.9 Å². The number of pyridine rings is 1. The van der Waals surface area contributed by atoms with E-state index in [-0.39, 0.29) is 6.04 Å². The standard InChI is InChI=1S/C17H29N3/c1-13(18)12-14-6-5-11-19-16(14)20(4)15-7-9-17(2,3)10-8-15/h5-6,11,13,15H,7-10,12,18H2,1-4H3. The van der Waals surface area contributed by atoms with E-state index in [1.807, 2.05) is 12.3 Å². The van der Waals surface area contributed by atoms with Crippen LogP contribution in [-0.2, 0) is 6.42 Å². The van der Waals surface area contributed by atoms with Crippen LogP contribution in [0.3, 0.4) is 0 Å². The van der Waals surface area contributed by atoms with E-state index in [0.29, 0.717) is 11.5 Å². The lowest BCUT2D eigenvalue weighted by Crippen LogP contribution is -2.38. The second-order valence-corrected chi connectivity index (χ2v) is 7.17. The number of hydrogen-bond acceptors (Lipinski definition) is 3. The average Bonchev–Trinajstić information content (AvgIpc) is 2.38. The largest absolute Gasteiger partial charge is 0.356 e. The molecule has 0 aliphatic heterocycles.